The normalized spacial score (nSPS) is 10.1. The summed E-state index contributed by atoms with van der Waals surface area (Å²) in [5.41, 5.74) is 1.43. The molecule has 0 aliphatic carbocycles. The number of carbonyl (C=O) groups is 1. The van der Waals surface area contributed by atoms with Crippen LogP contribution in [0.15, 0.2) is 42.7 Å². The van der Waals surface area contributed by atoms with E-state index in [1.807, 2.05) is 24.3 Å². The average Bonchev–Trinajstić information content (AvgIpc) is 2.69. The maximum absolute atomic E-state index is 11.8. The Balaban J connectivity index is 2.37. The quantitative estimate of drug-likeness (QED) is 0.671. The Morgan fingerprint density at radius 2 is 2.07 bits per heavy atom. The zero-order valence-electron chi connectivity index (χ0n) is 7.33. The van der Waals surface area contributed by atoms with E-state index in [1.54, 1.807) is 18.5 Å². The van der Waals surface area contributed by atoms with Crippen molar-refractivity contribution in [2.45, 2.75) is 0 Å². The molecule has 0 fully saturated rings. The number of benzene rings is 1. The van der Waals surface area contributed by atoms with Crippen LogP contribution in [0.4, 0.5) is 0 Å². The van der Waals surface area contributed by atoms with Crippen LogP contribution < -0.4 is 0 Å². The molecule has 1 N–H and O–H groups in total. The van der Waals surface area contributed by atoms with Crippen LogP contribution in [0.5, 0.6) is 0 Å². The number of ketones is 1. The highest BCUT2D eigenvalue weighted by Gasteiger charge is 2.08. The topological polar surface area (TPSA) is 32.9 Å². The van der Waals surface area contributed by atoms with Crippen LogP contribution in [0.1, 0.15) is 15.9 Å². The molecule has 1 heterocycles. The van der Waals surface area contributed by atoms with E-state index in [1.165, 1.54) is 0 Å². The maximum Gasteiger partial charge on any atom is 0.194 e. The minimum absolute atomic E-state index is 0.0600. The van der Waals surface area contributed by atoms with Crippen molar-refractivity contribution >= 4 is 28.4 Å². The lowest BCUT2D eigenvalue weighted by Crippen LogP contribution is -1.99. The number of carbonyl (C=O) groups excluding carboxylic acids is 1. The third-order valence-corrected chi connectivity index (χ3v) is 2.62. The molecule has 14 heavy (non-hydrogen) atoms. The van der Waals surface area contributed by atoms with Crippen LogP contribution in [-0.4, -0.2) is 10.8 Å². The maximum atomic E-state index is 11.8. The van der Waals surface area contributed by atoms with Gasteiger partial charge in [-0.05, 0) is 40.8 Å². The lowest BCUT2D eigenvalue weighted by Gasteiger charge is -1.98. The Morgan fingerprint density at radius 1 is 1.21 bits per heavy atom. The molecule has 0 radical (unpaired) electrons. The largest absolute Gasteiger partial charge is 0.367 e. The van der Waals surface area contributed by atoms with Gasteiger partial charge in [-0.3, -0.25) is 4.79 Å². The molecule has 1 aromatic heterocycles. The molecule has 0 saturated carbocycles. The number of aromatic nitrogens is 1. The molecule has 0 spiro atoms. The molecule has 0 amide bonds. The standard InChI is InChI=1S/C11H8INO/c12-10-3-1-2-8(6-10)11(14)9-4-5-13-7-9/h1-7,13H. The van der Waals surface area contributed by atoms with Gasteiger partial charge in [-0.1, -0.05) is 12.1 Å². The van der Waals surface area contributed by atoms with E-state index in [9.17, 15) is 4.79 Å². The number of hydrogen-bond donors (Lipinski definition) is 1. The molecule has 0 bridgehead atoms. The minimum atomic E-state index is 0.0600. The van der Waals surface area contributed by atoms with Gasteiger partial charge >= 0.3 is 0 Å². The van der Waals surface area contributed by atoms with Gasteiger partial charge in [0.1, 0.15) is 0 Å². The molecular weight excluding hydrogens is 289 g/mol. The smallest absolute Gasteiger partial charge is 0.194 e. The molecule has 70 valence electrons. The Labute approximate surface area is 95.5 Å². The van der Waals surface area contributed by atoms with E-state index in [0.29, 0.717) is 5.56 Å². The van der Waals surface area contributed by atoms with Crippen LogP contribution in [-0.2, 0) is 0 Å². The van der Waals surface area contributed by atoms with E-state index < -0.39 is 0 Å². The van der Waals surface area contributed by atoms with Gasteiger partial charge < -0.3 is 4.98 Å². The molecule has 3 heteroatoms. The van der Waals surface area contributed by atoms with Crippen LogP contribution in [0.3, 0.4) is 0 Å². The molecule has 2 rings (SSSR count). The highest BCUT2D eigenvalue weighted by Crippen LogP contribution is 2.12. The SMILES string of the molecule is O=C(c1cc[nH]c1)c1cccc(I)c1. The van der Waals surface area contributed by atoms with E-state index in [-0.39, 0.29) is 5.78 Å². The minimum Gasteiger partial charge on any atom is -0.367 e. The summed E-state index contributed by atoms with van der Waals surface area (Å²) in [5.74, 6) is 0.0600. The Bertz CT molecular complexity index is 448. The fourth-order valence-corrected chi connectivity index (χ4v) is 1.80. The summed E-state index contributed by atoms with van der Waals surface area (Å²) in [5, 5.41) is 0. The molecule has 0 saturated heterocycles. The number of hydrogen-bond acceptors (Lipinski definition) is 1. The average molecular weight is 297 g/mol. The van der Waals surface area contributed by atoms with Gasteiger partial charge in [0.05, 0.1) is 0 Å². The second kappa shape index (κ2) is 3.96. The zero-order valence-corrected chi connectivity index (χ0v) is 9.49. The van der Waals surface area contributed by atoms with Crippen LogP contribution in [0.25, 0.3) is 0 Å². The predicted molar refractivity (Wildman–Crippen MR) is 63.4 cm³/mol. The first-order valence-corrected chi connectivity index (χ1v) is 5.28. The second-order valence-corrected chi connectivity index (χ2v) is 4.18. The molecule has 0 atom stereocenters. The van der Waals surface area contributed by atoms with Crippen molar-refractivity contribution in [1.29, 1.82) is 0 Å². The highest BCUT2D eigenvalue weighted by molar-refractivity contribution is 14.1. The van der Waals surface area contributed by atoms with Crippen molar-refractivity contribution in [3.8, 4) is 0 Å². The second-order valence-electron chi connectivity index (χ2n) is 2.94. The van der Waals surface area contributed by atoms with Gasteiger partial charge in [-0.2, -0.15) is 0 Å². The highest BCUT2D eigenvalue weighted by atomic mass is 127. The Morgan fingerprint density at radius 3 is 2.71 bits per heavy atom. The van der Waals surface area contributed by atoms with E-state index >= 15 is 0 Å². The number of halogens is 1. The summed E-state index contributed by atoms with van der Waals surface area (Å²) in [7, 11) is 0. The molecule has 0 unspecified atom stereocenters. The van der Waals surface area contributed by atoms with Gasteiger partial charge in [0.15, 0.2) is 5.78 Å². The van der Waals surface area contributed by atoms with Crippen molar-refractivity contribution < 1.29 is 4.79 Å². The third-order valence-electron chi connectivity index (χ3n) is 1.95. The van der Waals surface area contributed by atoms with Gasteiger partial charge in [-0.15, -0.1) is 0 Å². The van der Waals surface area contributed by atoms with Crippen LogP contribution in [0, 0.1) is 3.57 Å². The van der Waals surface area contributed by atoms with E-state index in [0.717, 1.165) is 9.13 Å². The molecule has 0 aliphatic heterocycles. The lowest BCUT2D eigenvalue weighted by molar-refractivity contribution is 0.103. The monoisotopic (exact) mass is 297 g/mol. The van der Waals surface area contributed by atoms with Gasteiger partial charge in [0.25, 0.3) is 0 Å². The van der Waals surface area contributed by atoms with Gasteiger partial charge in [0.2, 0.25) is 0 Å². The van der Waals surface area contributed by atoms with Crippen molar-refractivity contribution in [2.24, 2.45) is 0 Å². The molecule has 2 aromatic rings. The summed E-state index contributed by atoms with van der Waals surface area (Å²) in [6.07, 6.45) is 3.46. The van der Waals surface area contributed by atoms with Crippen LogP contribution in [0.2, 0.25) is 0 Å². The van der Waals surface area contributed by atoms with Gasteiger partial charge in [-0.25, -0.2) is 0 Å². The van der Waals surface area contributed by atoms with Crippen molar-refractivity contribution in [2.75, 3.05) is 0 Å². The fraction of sp³-hybridized carbons (Fsp3) is 0. The molecule has 2 nitrogen and oxygen atoms in total. The molecule has 1 aromatic carbocycles. The summed E-state index contributed by atoms with van der Waals surface area (Å²) in [4.78, 5) is 14.7. The van der Waals surface area contributed by atoms with Crippen LogP contribution >= 0.6 is 22.6 Å². The summed E-state index contributed by atoms with van der Waals surface area (Å²) < 4.78 is 1.07. The Hall–Kier alpha value is -1.10. The summed E-state index contributed by atoms with van der Waals surface area (Å²) in [6.45, 7) is 0. The van der Waals surface area contributed by atoms with E-state index in [2.05, 4.69) is 27.6 Å². The predicted octanol–water partition coefficient (Wildman–Crippen LogP) is 2.85. The number of rotatable bonds is 2. The molecule has 0 aliphatic rings. The number of H-pyrrole nitrogens is 1. The first-order valence-electron chi connectivity index (χ1n) is 4.20. The first-order chi connectivity index (χ1) is 6.77. The number of aromatic amines is 1. The van der Waals surface area contributed by atoms with Crippen molar-refractivity contribution in [3.05, 3.63) is 57.4 Å². The zero-order chi connectivity index (χ0) is 9.97. The summed E-state index contributed by atoms with van der Waals surface area (Å²) in [6, 6.07) is 9.35. The molecular formula is C11H8INO. The fourth-order valence-electron chi connectivity index (χ4n) is 1.26. The van der Waals surface area contributed by atoms with E-state index in [4.69, 9.17) is 0 Å². The Kier molecular flexibility index (Phi) is 2.67. The first kappa shape index (κ1) is 9.45. The summed E-state index contributed by atoms with van der Waals surface area (Å²) >= 11 is 2.20. The number of nitrogens with one attached hydrogen (secondary N) is 1. The van der Waals surface area contributed by atoms with Gasteiger partial charge in [0, 0.05) is 27.1 Å². The van der Waals surface area contributed by atoms with Crippen molar-refractivity contribution in [3.63, 3.8) is 0 Å². The van der Waals surface area contributed by atoms with Crippen molar-refractivity contribution in [1.82, 2.24) is 4.98 Å². The lowest BCUT2D eigenvalue weighted by atomic mass is 10.1. The third kappa shape index (κ3) is 1.87.